The zero-order chi connectivity index (χ0) is 11.7. The first-order valence-electron chi connectivity index (χ1n) is 3.81. The largest absolute Gasteiger partial charge is 0.478 e. The van der Waals surface area contributed by atoms with Crippen molar-refractivity contribution in [1.29, 1.82) is 0 Å². The highest BCUT2D eigenvalue weighted by Gasteiger charge is 2.21. The van der Waals surface area contributed by atoms with Crippen LogP contribution in [0.3, 0.4) is 0 Å². The Morgan fingerprint density at radius 1 is 1.27 bits per heavy atom. The van der Waals surface area contributed by atoms with Gasteiger partial charge in [-0.2, -0.15) is 0 Å². The number of aromatic carboxylic acids is 2. The lowest BCUT2D eigenvalue weighted by atomic mass is 10.0. The van der Waals surface area contributed by atoms with E-state index in [0.717, 1.165) is 0 Å². The van der Waals surface area contributed by atoms with Gasteiger partial charge in [0.2, 0.25) is 0 Å². The molecule has 0 aliphatic heterocycles. The molecule has 0 unspecified atom stereocenters. The summed E-state index contributed by atoms with van der Waals surface area (Å²) in [5.41, 5.74) is -0.136. The van der Waals surface area contributed by atoms with E-state index in [9.17, 15) is 9.59 Å². The molecule has 0 fully saturated rings. The lowest BCUT2D eigenvalue weighted by Crippen LogP contribution is -2.08. The average Bonchev–Trinajstić information content (AvgIpc) is 1.99. The molecule has 0 amide bonds. The van der Waals surface area contributed by atoms with Crippen molar-refractivity contribution in [3.8, 4) is 0 Å². The van der Waals surface area contributed by atoms with Crippen LogP contribution in [-0.2, 0) is 0 Å². The van der Waals surface area contributed by atoms with Crippen molar-refractivity contribution in [3.05, 3.63) is 32.3 Å². The summed E-state index contributed by atoms with van der Waals surface area (Å²) in [6.45, 7) is 1.41. The molecule has 80 valence electrons. The Balaban J connectivity index is 3.64. The van der Waals surface area contributed by atoms with Gasteiger partial charge in [-0.1, -0.05) is 11.6 Å². The van der Waals surface area contributed by atoms with Gasteiger partial charge in [-0.05, 0) is 34.5 Å². The Morgan fingerprint density at radius 3 is 2.13 bits per heavy atom. The maximum atomic E-state index is 10.9. The van der Waals surface area contributed by atoms with Crippen molar-refractivity contribution in [2.45, 2.75) is 6.92 Å². The van der Waals surface area contributed by atoms with E-state index in [1.165, 1.54) is 13.0 Å². The molecule has 4 nitrogen and oxygen atoms in total. The third kappa shape index (κ3) is 2.13. The third-order valence-electron chi connectivity index (χ3n) is 1.91. The van der Waals surface area contributed by atoms with Crippen LogP contribution < -0.4 is 0 Å². The maximum absolute atomic E-state index is 10.9. The predicted molar refractivity (Wildman–Crippen MR) is 57.8 cm³/mol. The molecule has 1 rings (SSSR count). The predicted octanol–water partition coefficient (Wildman–Crippen LogP) is 2.81. The van der Waals surface area contributed by atoms with Gasteiger partial charge in [0.25, 0.3) is 0 Å². The molecule has 0 radical (unpaired) electrons. The molecule has 0 saturated heterocycles. The number of halogens is 2. The summed E-state index contributed by atoms with van der Waals surface area (Å²) in [5.74, 6) is -2.44. The summed E-state index contributed by atoms with van der Waals surface area (Å²) in [5, 5.41) is 17.7. The number of benzene rings is 1. The molecule has 0 heterocycles. The molecule has 6 heteroatoms. The van der Waals surface area contributed by atoms with Crippen LogP contribution in [0, 0.1) is 6.92 Å². The quantitative estimate of drug-likeness (QED) is 0.879. The zero-order valence-corrected chi connectivity index (χ0v) is 9.89. The normalized spacial score (nSPS) is 10.1. The monoisotopic (exact) mass is 292 g/mol. The molecule has 0 aliphatic rings. The van der Waals surface area contributed by atoms with E-state index in [0.29, 0.717) is 0 Å². The van der Waals surface area contributed by atoms with Gasteiger partial charge in [0, 0.05) is 4.47 Å². The lowest BCUT2D eigenvalue weighted by Gasteiger charge is -2.09. The Hall–Kier alpha value is -1.07. The fraction of sp³-hybridized carbons (Fsp3) is 0.111. The van der Waals surface area contributed by atoms with E-state index >= 15 is 0 Å². The minimum atomic E-state index is -1.24. The summed E-state index contributed by atoms with van der Waals surface area (Å²) < 4.78 is 0.266. The van der Waals surface area contributed by atoms with Crippen LogP contribution in [0.25, 0.3) is 0 Å². The Labute approximate surface area is 98.6 Å². The van der Waals surface area contributed by atoms with Gasteiger partial charge in [0.1, 0.15) is 0 Å². The maximum Gasteiger partial charge on any atom is 0.337 e. The van der Waals surface area contributed by atoms with Crippen molar-refractivity contribution in [3.63, 3.8) is 0 Å². The topological polar surface area (TPSA) is 74.6 Å². The number of carboxylic acids is 2. The zero-order valence-electron chi connectivity index (χ0n) is 7.54. The molecule has 15 heavy (non-hydrogen) atoms. The molecule has 1 aromatic rings. The SMILES string of the molecule is Cc1c(C(=O)O)c(Cl)cc(Br)c1C(=O)O. The summed E-state index contributed by atoms with van der Waals surface area (Å²) in [6.07, 6.45) is 0. The Kier molecular flexibility index (Phi) is 3.36. The highest BCUT2D eigenvalue weighted by atomic mass is 79.9. The number of carbonyl (C=O) groups is 2. The summed E-state index contributed by atoms with van der Waals surface area (Å²) in [6, 6.07) is 1.27. The van der Waals surface area contributed by atoms with Crippen LogP contribution >= 0.6 is 27.5 Å². The highest BCUT2D eigenvalue weighted by molar-refractivity contribution is 9.10. The lowest BCUT2D eigenvalue weighted by molar-refractivity contribution is 0.0695. The van der Waals surface area contributed by atoms with Gasteiger partial charge in [-0.3, -0.25) is 0 Å². The van der Waals surface area contributed by atoms with Crippen molar-refractivity contribution in [2.24, 2.45) is 0 Å². The molecule has 0 bridgehead atoms. The molecule has 0 saturated carbocycles. The molecular weight excluding hydrogens is 287 g/mol. The highest BCUT2D eigenvalue weighted by Crippen LogP contribution is 2.30. The standard InChI is InChI=1S/C9H6BrClO4/c1-3-6(8(12)13)4(10)2-5(11)7(3)9(14)15/h2H,1H3,(H,12,13)(H,14,15). The van der Waals surface area contributed by atoms with Crippen LogP contribution in [0.5, 0.6) is 0 Å². The second kappa shape index (κ2) is 4.20. The van der Waals surface area contributed by atoms with Gasteiger partial charge >= 0.3 is 11.9 Å². The fourth-order valence-electron chi connectivity index (χ4n) is 1.26. The molecule has 0 atom stereocenters. The molecular formula is C9H6BrClO4. The average molecular weight is 294 g/mol. The third-order valence-corrected chi connectivity index (χ3v) is 2.83. The smallest absolute Gasteiger partial charge is 0.337 e. The molecule has 1 aromatic carbocycles. The van der Waals surface area contributed by atoms with Crippen molar-refractivity contribution in [1.82, 2.24) is 0 Å². The summed E-state index contributed by atoms with van der Waals surface area (Å²) in [4.78, 5) is 21.7. The van der Waals surface area contributed by atoms with Crippen LogP contribution in [0.4, 0.5) is 0 Å². The van der Waals surface area contributed by atoms with Crippen LogP contribution in [0.15, 0.2) is 10.5 Å². The number of hydrogen-bond donors (Lipinski definition) is 2. The van der Waals surface area contributed by atoms with E-state index in [2.05, 4.69) is 15.9 Å². The van der Waals surface area contributed by atoms with Gasteiger partial charge in [-0.15, -0.1) is 0 Å². The first-order chi connectivity index (χ1) is 6.86. The van der Waals surface area contributed by atoms with Crippen molar-refractivity contribution in [2.75, 3.05) is 0 Å². The van der Waals surface area contributed by atoms with Gasteiger partial charge < -0.3 is 10.2 Å². The van der Waals surface area contributed by atoms with Gasteiger partial charge in [0.15, 0.2) is 0 Å². The minimum Gasteiger partial charge on any atom is -0.478 e. The van der Waals surface area contributed by atoms with Gasteiger partial charge in [-0.25, -0.2) is 9.59 Å². The van der Waals surface area contributed by atoms with E-state index in [1.807, 2.05) is 0 Å². The second-order valence-electron chi connectivity index (χ2n) is 2.83. The first kappa shape index (κ1) is 12.0. The van der Waals surface area contributed by atoms with E-state index in [-0.39, 0.29) is 26.2 Å². The number of carboxylic acid groups (broad SMARTS) is 2. The number of hydrogen-bond acceptors (Lipinski definition) is 2. The van der Waals surface area contributed by atoms with E-state index in [4.69, 9.17) is 21.8 Å². The van der Waals surface area contributed by atoms with Crippen LogP contribution in [0.1, 0.15) is 26.3 Å². The van der Waals surface area contributed by atoms with E-state index in [1.54, 1.807) is 0 Å². The number of rotatable bonds is 2. The first-order valence-corrected chi connectivity index (χ1v) is 4.98. The van der Waals surface area contributed by atoms with Crippen LogP contribution in [-0.4, -0.2) is 22.2 Å². The molecule has 0 aliphatic carbocycles. The van der Waals surface area contributed by atoms with Crippen molar-refractivity contribution < 1.29 is 19.8 Å². The fourth-order valence-corrected chi connectivity index (χ4v) is 2.42. The molecule has 0 aromatic heterocycles. The molecule has 2 N–H and O–H groups in total. The summed E-state index contributed by atoms with van der Waals surface area (Å²) >= 11 is 8.73. The van der Waals surface area contributed by atoms with Gasteiger partial charge in [0.05, 0.1) is 16.1 Å². The van der Waals surface area contributed by atoms with E-state index < -0.39 is 11.9 Å². The Bertz CT molecular complexity index is 418. The Morgan fingerprint density at radius 2 is 1.73 bits per heavy atom. The molecule has 0 spiro atoms. The summed E-state index contributed by atoms with van der Waals surface area (Å²) in [7, 11) is 0. The van der Waals surface area contributed by atoms with Crippen LogP contribution in [0.2, 0.25) is 5.02 Å². The van der Waals surface area contributed by atoms with Crippen molar-refractivity contribution >= 4 is 39.5 Å². The minimum absolute atomic E-state index is 0.0110. The second-order valence-corrected chi connectivity index (χ2v) is 4.09.